The molecule has 0 saturated heterocycles. The summed E-state index contributed by atoms with van der Waals surface area (Å²) in [5.41, 5.74) is 1.54. The molecule has 1 aromatic rings. The van der Waals surface area contributed by atoms with Gasteiger partial charge in [0.25, 0.3) is 0 Å². The van der Waals surface area contributed by atoms with E-state index in [1.54, 1.807) is 6.26 Å². The molecule has 0 aromatic carbocycles. The van der Waals surface area contributed by atoms with Crippen molar-refractivity contribution in [2.24, 2.45) is 5.41 Å². The third kappa shape index (κ3) is 2.79. The van der Waals surface area contributed by atoms with Crippen LogP contribution < -0.4 is 0 Å². The molecule has 0 fully saturated rings. The summed E-state index contributed by atoms with van der Waals surface area (Å²) in [6.45, 7) is 8.69. The summed E-state index contributed by atoms with van der Waals surface area (Å²) >= 11 is 0. The van der Waals surface area contributed by atoms with Crippen molar-refractivity contribution in [1.29, 1.82) is 0 Å². The fourth-order valence-corrected chi connectivity index (χ4v) is 1.11. The van der Waals surface area contributed by atoms with Crippen LogP contribution in [-0.4, -0.2) is 0 Å². The standard InChI is InChI=1S/C10H16O/c1-8-5-9(11-7-8)6-10(2,3)4/h5,7H,6H2,1-4H3. The van der Waals surface area contributed by atoms with Crippen LogP contribution in [0.15, 0.2) is 16.7 Å². The zero-order chi connectivity index (χ0) is 8.48. The second-order valence-electron chi connectivity index (χ2n) is 4.33. The zero-order valence-corrected chi connectivity index (χ0v) is 7.77. The first kappa shape index (κ1) is 8.38. The Morgan fingerprint density at radius 2 is 2.00 bits per heavy atom. The maximum Gasteiger partial charge on any atom is 0.104 e. The molecule has 0 spiro atoms. The van der Waals surface area contributed by atoms with Crippen LogP contribution in [0.25, 0.3) is 0 Å². The van der Waals surface area contributed by atoms with E-state index in [0.717, 1.165) is 12.2 Å². The second kappa shape index (κ2) is 2.72. The van der Waals surface area contributed by atoms with Gasteiger partial charge in [-0.25, -0.2) is 0 Å². The molecular formula is C10H16O. The normalized spacial score (nSPS) is 12.0. The smallest absolute Gasteiger partial charge is 0.104 e. The van der Waals surface area contributed by atoms with Gasteiger partial charge in [-0.2, -0.15) is 0 Å². The van der Waals surface area contributed by atoms with E-state index >= 15 is 0 Å². The summed E-state index contributed by atoms with van der Waals surface area (Å²) in [4.78, 5) is 0. The molecule has 1 nitrogen and oxygen atoms in total. The second-order valence-corrected chi connectivity index (χ2v) is 4.33. The average molecular weight is 152 g/mol. The molecule has 0 N–H and O–H groups in total. The SMILES string of the molecule is Cc1coc(CC(C)(C)C)c1. The number of furan rings is 1. The average Bonchev–Trinajstić information content (AvgIpc) is 2.10. The van der Waals surface area contributed by atoms with Crippen LogP contribution in [-0.2, 0) is 6.42 Å². The first-order chi connectivity index (χ1) is 4.97. The van der Waals surface area contributed by atoms with Crippen LogP contribution in [0.2, 0.25) is 0 Å². The molecule has 0 amide bonds. The van der Waals surface area contributed by atoms with Gasteiger partial charge in [0.15, 0.2) is 0 Å². The molecule has 0 bridgehead atoms. The highest BCUT2D eigenvalue weighted by atomic mass is 16.3. The lowest BCUT2D eigenvalue weighted by atomic mass is 9.91. The lowest BCUT2D eigenvalue weighted by Crippen LogP contribution is -2.08. The van der Waals surface area contributed by atoms with Crippen molar-refractivity contribution in [2.75, 3.05) is 0 Å². The van der Waals surface area contributed by atoms with Gasteiger partial charge in [-0.1, -0.05) is 20.8 Å². The predicted octanol–water partition coefficient (Wildman–Crippen LogP) is 3.18. The Kier molecular flexibility index (Phi) is 2.08. The Morgan fingerprint density at radius 1 is 1.36 bits per heavy atom. The van der Waals surface area contributed by atoms with Gasteiger partial charge in [0.05, 0.1) is 6.26 Å². The molecule has 0 saturated carbocycles. The number of aryl methyl sites for hydroxylation is 1. The van der Waals surface area contributed by atoms with Gasteiger partial charge in [-0.3, -0.25) is 0 Å². The Bertz CT molecular complexity index is 227. The highest BCUT2D eigenvalue weighted by Crippen LogP contribution is 2.21. The molecule has 11 heavy (non-hydrogen) atoms. The molecule has 0 radical (unpaired) electrons. The minimum Gasteiger partial charge on any atom is -0.469 e. The van der Waals surface area contributed by atoms with E-state index in [-0.39, 0.29) is 0 Å². The van der Waals surface area contributed by atoms with E-state index in [0.29, 0.717) is 5.41 Å². The molecule has 0 aliphatic carbocycles. The third-order valence-electron chi connectivity index (χ3n) is 1.49. The van der Waals surface area contributed by atoms with E-state index in [4.69, 9.17) is 4.42 Å². The Hall–Kier alpha value is -0.720. The zero-order valence-electron chi connectivity index (χ0n) is 7.77. The van der Waals surface area contributed by atoms with E-state index in [2.05, 4.69) is 33.8 Å². The van der Waals surface area contributed by atoms with E-state index in [1.165, 1.54) is 5.56 Å². The quantitative estimate of drug-likeness (QED) is 0.602. The van der Waals surface area contributed by atoms with Crippen LogP contribution in [0.3, 0.4) is 0 Å². The lowest BCUT2D eigenvalue weighted by molar-refractivity contribution is 0.363. The van der Waals surface area contributed by atoms with Gasteiger partial charge in [-0.15, -0.1) is 0 Å². The fourth-order valence-electron chi connectivity index (χ4n) is 1.11. The van der Waals surface area contributed by atoms with E-state index in [9.17, 15) is 0 Å². The van der Waals surface area contributed by atoms with Crippen molar-refractivity contribution in [3.8, 4) is 0 Å². The summed E-state index contributed by atoms with van der Waals surface area (Å²) in [7, 11) is 0. The Balaban J connectivity index is 2.65. The van der Waals surface area contributed by atoms with Crippen molar-refractivity contribution < 1.29 is 4.42 Å². The van der Waals surface area contributed by atoms with Gasteiger partial charge >= 0.3 is 0 Å². The third-order valence-corrected chi connectivity index (χ3v) is 1.49. The number of rotatable bonds is 1. The topological polar surface area (TPSA) is 13.1 Å². The largest absolute Gasteiger partial charge is 0.469 e. The molecule has 1 heterocycles. The molecule has 0 aliphatic heterocycles. The monoisotopic (exact) mass is 152 g/mol. The minimum absolute atomic E-state index is 0.324. The fraction of sp³-hybridized carbons (Fsp3) is 0.600. The number of hydrogen-bond acceptors (Lipinski definition) is 1. The van der Waals surface area contributed by atoms with Crippen LogP contribution in [0.4, 0.5) is 0 Å². The van der Waals surface area contributed by atoms with Gasteiger partial charge in [0.2, 0.25) is 0 Å². The maximum absolute atomic E-state index is 5.34. The maximum atomic E-state index is 5.34. The molecule has 0 aliphatic rings. The summed E-state index contributed by atoms with van der Waals surface area (Å²) in [6.07, 6.45) is 2.82. The highest BCUT2D eigenvalue weighted by Gasteiger charge is 2.13. The van der Waals surface area contributed by atoms with Gasteiger partial charge < -0.3 is 4.42 Å². The first-order valence-electron chi connectivity index (χ1n) is 4.01. The van der Waals surface area contributed by atoms with Gasteiger partial charge in [0.1, 0.15) is 5.76 Å². The molecule has 62 valence electrons. The van der Waals surface area contributed by atoms with Crippen LogP contribution in [0.1, 0.15) is 32.1 Å². The van der Waals surface area contributed by atoms with Crippen LogP contribution >= 0.6 is 0 Å². The molecule has 1 rings (SSSR count). The molecule has 1 heteroatoms. The van der Waals surface area contributed by atoms with Crippen molar-refractivity contribution in [2.45, 2.75) is 34.1 Å². The first-order valence-corrected chi connectivity index (χ1v) is 4.01. The molecular weight excluding hydrogens is 136 g/mol. The van der Waals surface area contributed by atoms with Gasteiger partial charge in [0, 0.05) is 6.42 Å². The van der Waals surface area contributed by atoms with E-state index in [1.807, 2.05) is 0 Å². The minimum atomic E-state index is 0.324. The lowest BCUT2D eigenvalue weighted by Gasteiger charge is -2.15. The highest BCUT2D eigenvalue weighted by molar-refractivity contribution is 5.11. The summed E-state index contributed by atoms with van der Waals surface area (Å²) in [5.74, 6) is 1.09. The summed E-state index contributed by atoms with van der Waals surface area (Å²) in [5, 5.41) is 0. The Labute approximate surface area is 68.4 Å². The van der Waals surface area contributed by atoms with Crippen molar-refractivity contribution in [3.05, 3.63) is 23.7 Å². The van der Waals surface area contributed by atoms with Crippen molar-refractivity contribution in [3.63, 3.8) is 0 Å². The van der Waals surface area contributed by atoms with Gasteiger partial charge in [-0.05, 0) is 24.0 Å². The van der Waals surface area contributed by atoms with Crippen LogP contribution in [0.5, 0.6) is 0 Å². The molecule has 0 unspecified atom stereocenters. The Morgan fingerprint density at radius 3 is 2.36 bits per heavy atom. The van der Waals surface area contributed by atoms with Crippen molar-refractivity contribution in [1.82, 2.24) is 0 Å². The number of hydrogen-bond donors (Lipinski definition) is 0. The molecule has 0 atom stereocenters. The van der Waals surface area contributed by atoms with Crippen LogP contribution in [0, 0.1) is 12.3 Å². The summed E-state index contributed by atoms with van der Waals surface area (Å²) in [6, 6.07) is 2.10. The van der Waals surface area contributed by atoms with Crippen molar-refractivity contribution >= 4 is 0 Å². The van der Waals surface area contributed by atoms with E-state index < -0.39 is 0 Å². The molecule has 1 aromatic heterocycles. The summed E-state index contributed by atoms with van der Waals surface area (Å²) < 4.78 is 5.34. The predicted molar refractivity (Wildman–Crippen MR) is 46.6 cm³/mol.